The van der Waals surface area contributed by atoms with Gasteiger partial charge in [0.05, 0.1) is 11.9 Å². The quantitative estimate of drug-likeness (QED) is 0.789. The van der Waals surface area contributed by atoms with Crippen LogP contribution in [0, 0.1) is 0 Å². The molecule has 2 aromatic heterocycles. The highest BCUT2D eigenvalue weighted by atomic mass is 15.2. The van der Waals surface area contributed by atoms with E-state index in [1.54, 1.807) is 0 Å². The predicted molar refractivity (Wildman–Crippen MR) is 80.2 cm³/mol. The predicted octanol–water partition coefficient (Wildman–Crippen LogP) is 2.60. The fraction of sp³-hybridized carbons (Fsp3) is 0.250. The average molecular weight is 266 g/mol. The summed E-state index contributed by atoms with van der Waals surface area (Å²) in [6, 6.07) is 10.2. The van der Waals surface area contributed by atoms with E-state index in [0.29, 0.717) is 0 Å². The molecule has 0 aliphatic carbocycles. The summed E-state index contributed by atoms with van der Waals surface area (Å²) in [5, 5.41) is 6.51. The number of pyridine rings is 1. The fourth-order valence-corrected chi connectivity index (χ4v) is 2.50. The van der Waals surface area contributed by atoms with Gasteiger partial charge in [0, 0.05) is 30.9 Å². The molecular weight excluding hydrogens is 248 g/mol. The van der Waals surface area contributed by atoms with Crippen molar-refractivity contribution in [2.45, 2.75) is 18.9 Å². The summed E-state index contributed by atoms with van der Waals surface area (Å²) in [5.41, 5.74) is 8.52. The molecule has 0 radical (unpaired) electrons. The lowest BCUT2D eigenvalue weighted by Gasteiger charge is -2.13. The third-order valence-electron chi connectivity index (χ3n) is 3.56. The maximum Gasteiger partial charge on any atom is 0.0649 e. The highest BCUT2D eigenvalue weighted by molar-refractivity contribution is 5.84. The smallest absolute Gasteiger partial charge is 0.0649 e. The molecule has 1 unspecified atom stereocenters. The van der Waals surface area contributed by atoms with E-state index in [9.17, 15) is 0 Å². The number of aryl methyl sites for hydroxylation is 2. The zero-order valence-corrected chi connectivity index (χ0v) is 11.5. The van der Waals surface area contributed by atoms with Crippen LogP contribution in [0.4, 0.5) is 0 Å². The van der Waals surface area contributed by atoms with Gasteiger partial charge in [0.15, 0.2) is 0 Å². The first-order chi connectivity index (χ1) is 9.74. The molecule has 3 rings (SSSR count). The van der Waals surface area contributed by atoms with E-state index in [4.69, 9.17) is 5.73 Å². The molecule has 0 fully saturated rings. The van der Waals surface area contributed by atoms with Crippen molar-refractivity contribution in [2.75, 3.05) is 0 Å². The Morgan fingerprint density at radius 1 is 1.25 bits per heavy atom. The summed E-state index contributed by atoms with van der Waals surface area (Å²) in [5.74, 6) is 0. The Bertz CT molecular complexity index is 712. The Hall–Kier alpha value is -2.20. The molecule has 4 heteroatoms. The third-order valence-corrected chi connectivity index (χ3v) is 3.56. The Morgan fingerprint density at radius 2 is 2.10 bits per heavy atom. The van der Waals surface area contributed by atoms with Crippen molar-refractivity contribution in [3.05, 3.63) is 60.2 Å². The number of aromatic nitrogens is 3. The lowest BCUT2D eigenvalue weighted by atomic mass is 10.0. The van der Waals surface area contributed by atoms with E-state index >= 15 is 0 Å². The summed E-state index contributed by atoms with van der Waals surface area (Å²) in [6.45, 7) is 0. The molecule has 2 N–H and O–H groups in total. The molecule has 2 heterocycles. The molecule has 0 saturated heterocycles. The molecule has 0 bridgehead atoms. The monoisotopic (exact) mass is 266 g/mol. The van der Waals surface area contributed by atoms with Crippen LogP contribution in [0.25, 0.3) is 10.8 Å². The normalized spacial score (nSPS) is 12.7. The van der Waals surface area contributed by atoms with Crippen LogP contribution in [-0.4, -0.2) is 14.8 Å². The van der Waals surface area contributed by atoms with Crippen LogP contribution in [0.3, 0.4) is 0 Å². The van der Waals surface area contributed by atoms with Crippen molar-refractivity contribution in [1.82, 2.24) is 14.8 Å². The highest BCUT2D eigenvalue weighted by Gasteiger charge is 2.11. The van der Waals surface area contributed by atoms with Crippen LogP contribution in [0.1, 0.15) is 23.7 Å². The summed E-state index contributed by atoms with van der Waals surface area (Å²) < 4.78 is 1.82. The zero-order chi connectivity index (χ0) is 13.9. The van der Waals surface area contributed by atoms with Crippen LogP contribution in [-0.2, 0) is 13.5 Å². The number of hydrogen-bond donors (Lipinski definition) is 1. The van der Waals surface area contributed by atoms with E-state index in [1.165, 1.54) is 10.9 Å². The van der Waals surface area contributed by atoms with Gasteiger partial charge in [-0.15, -0.1) is 0 Å². The Kier molecular flexibility index (Phi) is 3.48. The molecule has 20 heavy (non-hydrogen) atoms. The third kappa shape index (κ3) is 2.56. The minimum absolute atomic E-state index is 0.0543. The first kappa shape index (κ1) is 12.8. The average Bonchev–Trinajstić information content (AvgIpc) is 2.90. The van der Waals surface area contributed by atoms with E-state index < -0.39 is 0 Å². The van der Waals surface area contributed by atoms with Gasteiger partial charge in [-0.25, -0.2) is 0 Å². The van der Waals surface area contributed by atoms with Crippen molar-refractivity contribution < 1.29 is 0 Å². The van der Waals surface area contributed by atoms with Crippen molar-refractivity contribution in [3.8, 4) is 0 Å². The highest BCUT2D eigenvalue weighted by Crippen LogP contribution is 2.23. The van der Waals surface area contributed by atoms with Crippen LogP contribution >= 0.6 is 0 Å². The number of nitrogens with zero attached hydrogens (tertiary/aromatic N) is 3. The van der Waals surface area contributed by atoms with Gasteiger partial charge < -0.3 is 5.73 Å². The summed E-state index contributed by atoms with van der Waals surface area (Å²) in [6.07, 6.45) is 7.54. The molecule has 1 atom stereocenters. The van der Waals surface area contributed by atoms with E-state index in [2.05, 4.69) is 22.2 Å². The van der Waals surface area contributed by atoms with E-state index in [-0.39, 0.29) is 6.04 Å². The summed E-state index contributed by atoms with van der Waals surface area (Å²) in [7, 11) is 1.93. The van der Waals surface area contributed by atoms with Crippen molar-refractivity contribution in [2.24, 2.45) is 12.8 Å². The van der Waals surface area contributed by atoms with Gasteiger partial charge in [-0.05, 0) is 29.9 Å². The molecular formula is C16H18N4. The van der Waals surface area contributed by atoms with Gasteiger partial charge in [0.25, 0.3) is 0 Å². The molecule has 4 nitrogen and oxygen atoms in total. The zero-order valence-electron chi connectivity index (χ0n) is 11.5. The van der Waals surface area contributed by atoms with Crippen LogP contribution in [0.15, 0.2) is 48.9 Å². The van der Waals surface area contributed by atoms with Crippen molar-refractivity contribution >= 4 is 10.8 Å². The van der Waals surface area contributed by atoms with Crippen molar-refractivity contribution in [3.63, 3.8) is 0 Å². The van der Waals surface area contributed by atoms with Gasteiger partial charge in [-0.3, -0.25) is 9.67 Å². The minimum Gasteiger partial charge on any atom is -0.323 e. The Morgan fingerprint density at radius 3 is 2.90 bits per heavy atom. The van der Waals surface area contributed by atoms with Gasteiger partial charge in [0.1, 0.15) is 0 Å². The minimum atomic E-state index is -0.0543. The Labute approximate surface area is 118 Å². The lowest BCUT2D eigenvalue weighted by molar-refractivity contribution is 0.638. The number of hydrogen-bond acceptors (Lipinski definition) is 3. The lowest BCUT2D eigenvalue weighted by Crippen LogP contribution is -2.13. The van der Waals surface area contributed by atoms with Crippen molar-refractivity contribution in [1.29, 1.82) is 0 Å². The molecule has 0 saturated carbocycles. The standard InChI is InChI=1S/C16H18N4/c1-20-11-12(10-19-20)6-7-15(17)16-14-5-3-2-4-13(14)8-9-18-16/h2-5,8-11,15H,6-7,17H2,1H3. The van der Waals surface area contributed by atoms with E-state index in [1.807, 2.05) is 48.5 Å². The van der Waals surface area contributed by atoms with E-state index in [0.717, 1.165) is 23.9 Å². The molecule has 1 aromatic carbocycles. The molecule has 0 amide bonds. The molecule has 0 aliphatic rings. The van der Waals surface area contributed by atoms with Gasteiger partial charge in [-0.2, -0.15) is 5.10 Å². The molecule has 0 spiro atoms. The van der Waals surface area contributed by atoms with Gasteiger partial charge >= 0.3 is 0 Å². The maximum absolute atomic E-state index is 6.33. The maximum atomic E-state index is 6.33. The van der Waals surface area contributed by atoms with Crippen LogP contribution < -0.4 is 5.73 Å². The number of nitrogens with two attached hydrogens (primary N) is 1. The molecule has 0 aliphatic heterocycles. The molecule has 102 valence electrons. The summed E-state index contributed by atoms with van der Waals surface area (Å²) in [4.78, 5) is 4.48. The molecule has 3 aromatic rings. The first-order valence-electron chi connectivity index (χ1n) is 6.81. The number of benzene rings is 1. The van der Waals surface area contributed by atoms with Gasteiger partial charge in [-0.1, -0.05) is 24.3 Å². The largest absolute Gasteiger partial charge is 0.323 e. The Balaban J connectivity index is 1.80. The topological polar surface area (TPSA) is 56.7 Å². The van der Waals surface area contributed by atoms with Crippen LogP contribution in [0.2, 0.25) is 0 Å². The van der Waals surface area contributed by atoms with Gasteiger partial charge in [0.2, 0.25) is 0 Å². The first-order valence-corrected chi connectivity index (χ1v) is 6.81. The second-order valence-corrected chi connectivity index (χ2v) is 5.08. The second-order valence-electron chi connectivity index (χ2n) is 5.08. The second kappa shape index (κ2) is 5.43. The summed E-state index contributed by atoms with van der Waals surface area (Å²) >= 11 is 0. The SMILES string of the molecule is Cn1cc(CCC(N)c2nccc3ccccc23)cn1. The van der Waals surface area contributed by atoms with Crippen LogP contribution in [0.5, 0.6) is 0 Å². The fourth-order valence-electron chi connectivity index (χ4n) is 2.50. The number of rotatable bonds is 4. The number of fused-ring (bicyclic) bond motifs is 1.